The normalized spacial score (nSPS) is 10.6. The van der Waals surface area contributed by atoms with Gasteiger partial charge >= 0.3 is 0 Å². The predicted molar refractivity (Wildman–Crippen MR) is 69.0 cm³/mol. The Morgan fingerprint density at radius 2 is 2.25 bits per heavy atom. The molecule has 0 fully saturated rings. The number of halogens is 1. The number of nitrogens with zero attached hydrogens (tertiary/aromatic N) is 2. The summed E-state index contributed by atoms with van der Waals surface area (Å²) < 4.78 is 23.9. The van der Waals surface area contributed by atoms with Gasteiger partial charge in [0.1, 0.15) is 11.6 Å². The number of carbonyl (C=O) groups is 1. The average molecular weight is 278 g/mol. The Morgan fingerprint density at radius 1 is 1.45 bits per heavy atom. The Morgan fingerprint density at radius 3 is 2.90 bits per heavy atom. The van der Waals surface area contributed by atoms with Crippen LogP contribution in [0.5, 0.6) is 5.75 Å². The van der Waals surface area contributed by atoms with Crippen LogP contribution in [0.3, 0.4) is 0 Å². The highest BCUT2D eigenvalue weighted by molar-refractivity contribution is 5.94. The van der Waals surface area contributed by atoms with E-state index in [9.17, 15) is 9.18 Å². The van der Waals surface area contributed by atoms with E-state index in [4.69, 9.17) is 9.26 Å². The van der Waals surface area contributed by atoms with Gasteiger partial charge in [0.2, 0.25) is 0 Å². The van der Waals surface area contributed by atoms with Crippen LogP contribution in [0.15, 0.2) is 22.7 Å². The molecule has 0 saturated heterocycles. The molecule has 0 atom stereocenters. The minimum atomic E-state index is -0.604. The van der Waals surface area contributed by atoms with Crippen LogP contribution >= 0.6 is 0 Å². The molecule has 0 aliphatic carbocycles. The van der Waals surface area contributed by atoms with Crippen LogP contribution in [0.1, 0.15) is 42.3 Å². The highest BCUT2D eigenvalue weighted by atomic mass is 19.1. The van der Waals surface area contributed by atoms with Crippen molar-refractivity contribution in [2.75, 3.05) is 0 Å². The molecule has 1 heterocycles. The van der Waals surface area contributed by atoms with Crippen LogP contribution in [0.4, 0.5) is 4.39 Å². The molecule has 0 N–H and O–H groups in total. The van der Waals surface area contributed by atoms with Crippen molar-refractivity contribution < 1.29 is 18.4 Å². The molecular weight excluding hydrogens is 263 g/mol. The molecule has 5 nitrogen and oxygen atoms in total. The van der Waals surface area contributed by atoms with Gasteiger partial charge in [-0.1, -0.05) is 12.1 Å². The van der Waals surface area contributed by atoms with Crippen LogP contribution in [-0.2, 0) is 13.0 Å². The number of aromatic nitrogens is 2. The largest absolute Gasteiger partial charge is 0.484 e. The second-order valence-corrected chi connectivity index (χ2v) is 4.34. The molecule has 0 aliphatic rings. The Labute approximate surface area is 115 Å². The van der Waals surface area contributed by atoms with Gasteiger partial charge in [-0.2, -0.15) is 4.98 Å². The molecule has 0 saturated carbocycles. The van der Waals surface area contributed by atoms with Crippen LogP contribution < -0.4 is 4.74 Å². The number of rotatable bonds is 6. The van der Waals surface area contributed by atoms with Gasteiger partial charge in [-0.3, -0.25) is 4.79 Å². The molecule has 20 heavy (non-hydrogen) atoms. The maximum Gasteiger partial charge on any atom is 0.264 e. The zero-order valence-corrected chi connectivity index (χ0v) is 11.4. The lowest BCUT2D eigenvalue weighted by molar-refractivity contribution is 0.101. The van der Waals surface area contributed by atoms with E-state index >= 15 is 0 Å². The molecule has 1 aromatic carbocycles. The van der Waals surface area contributed by atoms with Gasteiger partial charge in [0.25, 0.3) is 5.89 Å². The molecule has 106 valence electrons. The van der Waals surface area contributed by atoms with E-state index in [0.29, 0.717) is 17.5 Å². The highest BCUT2D eigenvalue weighted by Crippen LogP contribution is 2.18. The molecule has 0 bridgehead atoms. The summed E-state index contributed by atoms with van der Waals surface area (Å²) in [5, 5.41) is 3.79. The van der Waals surface area contributed by atoms with Crippen molar-refractivity contribution in [3.05, 3.63) is 41.3 Å². The first kappa shape index (κ1) is 14.2. The second-order valence-electron chi connectivity index (χ2n) is 4.34. The number of benzene rings is 1. The van der Waals surface area contributed by atoms with Gasteiger partial charge in [0.05, 0.1) is 5.56 Å². The lowest BCUT2D eigenvalue weighted by Gasteiger charge is -2.04. The third kappa shape index (κ3) is 3.40. The summed E-state index contributed by atoms with van der Waals surface area (Å²) >= 11 is 0. The zero-order chi connectivity index (χ0) is 14.5. The quantitative estimate of drug-likeness (QED) is 0.760. The fraction of sp³-hybridized carbons (Fsp3) is 0.357. The first-order valence-corrected chi connectivity index (χ1v) is 6.35. The number of Topliss-reactive ketones (excluding diaryl/α,β-unsaturated/α-hetero) is 1. The first-order valence-electron chi connectivity index (χ1n) is 6.35. The summed E-state index contributed by atoms with van der Waals surface area (Å²) in [5.74, 6) is 0.346. The summed E-state index contributed by atoms with van der Waals surface area (Å²) in [7, 11) is 0. The lowest BCUT2D eigenvalue weighted by atomic mass is 10.1. The molecule has 2 rings (SSSR count). The van der Waals surface area contributed by atoms with E-state index in [1.165, 1.54) is 25.1 Å². The zero-order valence-electron chi connectivity index (χ0n) is 11.4. The first-order chi connectivity index (χ1) is 9.60. The molecule has 2 aromatic rings. The van der Waals surface area contributed by atoms with Gasteiger partial charge in [-0.05, 0) is 25.5 Å². The van der Waals surface area contributed by atoms with Crippen molar-refractivity contribution in [2.24, 2.45) is 0 Å². The fourth-order valence-corrected chi connectivity index (χ4v) is 1.69. The van der Waals surface area contributed by atoms with Crippen molar-refractivity contribution in [1.29, 1.82) is 0 Å². The van der Waals surface area contributed by atoms with Crippen molar-refractivity contribution in [3.63, 3.8) is 0 Å². The maximum absolute atomic E-state index is 13.6. The summed E-state index contributed by atoms with van der Waals surface area (Å²) in [6.07, 6.45) is 1.67. The average Bonchev–Trinajstić information content (AvgIpc) is 2.84. The van der Waals surface area contributed by atoms with Gasteiger partial charge in [0.15, 0.2) is 18.2 Å². The van der Waals surface area contributed by atoms with E-state index < -0.39 is 5.82 Å². The smallest absolute Gasteiger partial charge is 0.264 e. The van der Waals surface area contributed by atoms with E-state index in [-0.39, 0.29) is 18.0 Å². The summed E-state index contributed by atoms with van der Waals surface area (Å²) in [6, 6.07) is 4.09. The number of carbonyl (C=O) groups excluding carboxylic acids is 1. The maximum atomic E-state index is 13.6. The van der Waals surface area contributed by atoms with Crippen LogP contribution in [0, 0.1) is 5.82 Å². The van der Waals surface area contributed by atoms with Gasteiger partial charge in [-0.15, -0.1) is 0 Å². The van der Waals surface area contributed by atoms with E-state index in [1.54, 1.807) is 0 Å². The summed E-state index contributed by atoms with van der Waals surface area (Å²) in [5.41, 5.74) is 0.0420. The molecule has 0 spiro atoms. The molecule has 0 amide bonds. The molecule has 6 heteroatoms. The Balaban J connectivity index is 1.99. The van der Waals surface area contributed by atoms with E-state index in [1.807, 2.05) is 6.92 Å². The van der Waals surface area contributed by atoms with Crippen LogP contribution in [0.2, 0.25) is 0 Å². The number of hydrogen-bond donors (Lipinski definition) is 0. The highest BCUT2D eigenvalue weighted by Gasteiger charge is 2.10. The third-order valence-corrected chi connectivity index (χ3v) is 2.67. The number of hydrogen-bond acceptors (Lipinski definition) is 5. The summed E-state index contributed by atoms with van der Waals surface area (Å²) in [4.78, 5) is 15.2. The third-order valence-electron chi connectivity index (χ3n) is 2.67. The number of ketones is 1. The monoisotopic (exact) mass is 278 g/mol. The molecule has 1 aromatic heterocycles. The standard InChI is InChI=1S/C14H15FN2O3/c1-3-4-13-16-14(20-17-13)8-19-10-5-6-11(9(2)18)12(15)7-10/h5-7H,3-4,8H2,1-2H3. The van der Waals surface area contributed by atoms with Gasteiger partial charge in [-0.25, -0.2) is 4.39 Å². The summed E-state index contributed by atoms with van der Waals surface area (Å²) in [6.45, 7) is 3.40. The Kier molecular flexibility index (Phi) is 4.45. The lowest BCUT2D eigenvalue weighted by Crippen LogP contribution is -2.00. The molecule has 0 unspecified atom stereocenters. The number of aryl methyl sites for hydroxylation is 1. The van der Waals surface area contributed by atoms with Crippen LogP contribution in [-0.4, -0.2) is 15.9 Å². The minimum absolute atomic E-state index is 0.0420. The minimum Gasteiger partial charge on any atom is -0.484 e. The predicted octanol–water partition coefficient (Wildman–Crippen LogP) is 2.94. The number of ether oxygens (including phenoxy) is 1. The van der Waals surface area contributed by atoms with E-state index in [0.717, 1.165) is 12.8 Å². The fourth-order valence-electron chi connectivity index (χ4n) is 1.69. The molecular formula is C14H15FN2O3. The van der Waals surface area contributed by atoms with Crippen molar-refractivity contribution in [1.82, 2.24) is 10.1 Å². The van der Waals surface area contributed by atoms with Crippen molar-refractivity contribution in [2.45, 2.75) is 33.3 Å². The van der Waals surface area contributed by atoms with Crippen molar-refractivity contribution in [3.8, 4) is 5.75 Å². The Bertz CT molecular complexity index is 610. The van der Waals surface area contributed by atoms with Crippen LogP contribution in [0.25, 0.3) is 0 Å². The Hall–Kier alpha value is -2.24. The second kappa shape index (κ2) is 6.27. The SMILES string of the molecule is CCCc1noc(COc2ccc(C(C)=O)c(F)c2)n1. The van der Waals surface area contributed by atoms with Crippen molar-refractivity contribution >= 4 is 5.78 Å². The molecule has 0 radical (unpaired) electrons. The topological polar surface area (TPSA) is 65.2 Å². The van der Waals surface area contributed by atoms with Gasteiger partial charge in [0, 0.05) is 12.5 Å². The van der Waals surface area contributed by atoms with Gasteiger partial charge < -0.3 is 9.26 Å². The molecule has 0 aliphatic heterocycles. The van der Waals surface area contributed by atoms with E-state index in [2.05, 4.69) is 10.1 Å².